The predicted octanol–water partition coefficient (Wildman–Crippen LogP) is 3.80. The van der Waals surface area contributed by atoms with E-state index in [0.29, 0.717) is 43.9 Å². The van der Waals surface area contributed by atoms with Crippen LogP contribution < -0.4 is 4.90 Å². The summed E-state index contributed by atoms with van der Waals surface area (Å²) in [5, 5.41) is 0.722. The van der Waals surface area contributed by atoms with Gasteiger partial charge in [-0.25, -0.2) is 8.42 Å². The van der Waals surface area contributed by atoms with Gasteiger partial charge in [-0.2, -0.15) is 4.31 Å². The summed E-state index contributed by atoms with van der Waals surface area (Å²) in [7, 11) is -3.41. The molecular formula is C24H30ClN3O3S. The Balaban J connectivity index is 1.26. The van der Waals surface area contributed by atoms with Crippen molar-refractivity contribution in [3.63, 3.8) is 0 Å². The maximum absolute atomic E-state index is 12.8. The lowest BCUT2D eigenvalue weighted by Gasteiger charge is -2.36. The van der Waals surface area contributed by atoms with Crippen LogP contribution in [0.4, 0.5) is 5.69 Å². The number of amides is 1. The smallest absolute Gasteiger partial charge is 0.243 e. The Labute approximate surface area is 195 Å². The molecule has 0 bridgehead atoms. The van der Waals surface area contributed by atoms with E-state index in [-0.39, 0.29) is 5.91 Å². The minimum Gasteiger partial charge on any atom is -0.368 e. The van der Waals surface area contributed by atoms with Crippen LogP contribution in [0.3, 0.4) is 0 Å². The molecule has 1 amide bonds. The van der Waals surface area contributed by atoms with Crippen molar-refractivity contribution in [3.8, 4) is 0 Å². The first-order chi connectivity index (χ1) is 15.4. The number of piperidine rings is 1. The molecule has 2 aromatic rings. The molecule has 0 aliphatic carbocycles. The third-order valence-electron chi connectivity index (χ3n) is 6.33. The Morgan fingerprint density at radius 1 is 0.812 bits per heavy atom. The molecule has 2 fully saturated rings. The van der Waals surface area contributed by atoms with E-state index in [1.165, 1.54) is 0 Å². The van der Waals surface area contributed by atoms with E-state index in [1.807, 2.05) is 41.3 Å². The van der Waals surface area contributed by atoms with Gasteiger partial charge < -0.3 is 9.80 Å². The second-order valence-corrected chi connectivity index (χ2v) is 10.8. The average Bonchev–Trinajstić information content (AvgIpc) is 2.84. The van der Waals surface area contributed by atoms with Crippen LogP contribution in [0.5, 0.6) is 0 Å². The first kappa shape index (κ1) is 23.1. The number of rotatable bonds is 6. The highest BCUT2D eigenvalue weighted by molar-refractivity contribution is 7.89. The maximum Gasteiger partial charge on any atom is 0.243 e. The molecule has 172 valence electrons. The third-order valence-corrected chi connectivity index (χ3v) is 8.49. The van der Waals surface area contributed by atoms with Crippen molar-refractivity contribution in [2.24, 2.45) is 0 Å². The lowest BCUT2D eigenvalue weighted by atomic mass is 10.1. The third kappa shape index (κ3) is 5.45. The SMILES string of the molecule is O=C(CCc1ccc(S(=O)(=O)N2CCCCC2)cc1)N1CCN(c2ccc(Cl)cc2)CC1. The van der Waals surface area contributed by atoms with Crippen LogP contribution in [0.1, 0.15) is 31.2 Å². The number of anilines is 1. The number of sulfonamides is 1. The Morgan fingerprint density at radius 2 is 1.44 bits per heavy atom. The number of nitrogens with zero attached hydrogens (tertiary/aromatic N) is 3. The van der Waals surface area contributed by atoms with E-state index in [2.05, 4.69) is 4.90 Å². The summed E-state index contributed by atoms with van der Waals surface area (Å²) in [5.41, 5.74) is 2.11. The first-order valence-electron chi connectivity index (χ1n) is 11.3. The summed E-state index contributed by atoms with van der Waals surface area (Å²) >= 11 is 5.96. The molecule has 0 radical (unpaired) electrons. The number of hydrogen-bond acceptors (Lipinski definition) is 4. The van der Waals surface area contributed by atoms with E-state index in [0.717, 1.165) is 48.6 Å². The lowest BCUT2D eigenvalue weighted by Crippen LogP contribution is -2.48. The topological polar surface area (TPSA) is 60.9 Å². The van der Waals surface area contributed by atoms with Crippen LogP contribution in [0, 0.1) is 0 Å². The molecule has 32 heavy (non-hydrogen) atoms. The van der Waals surface area contributed by atoms with E-state index in [4.69, 9.17) is 11.6 Å². The van der Waals surface area contributed by atoms with Gasteiger partial charge in [0.15, 0.2) is 0 Å². The molecule has 0 unspecified atom stereocenters. The Hall–Kier alpha value is -2.09. The van der Waals surface area contributed by atoms with Crippen molar-refractivity contribution in [2.75, 3.05) is 44.2 Å². The standard InChI is InChI=1S/C24H30ClN3O3S/c25-21-7-9-22(10-8-21)26-16-18-27(19-17-26)24(29)13-6-20-4-11-23(12-5-20)32(30,31)28-14-2-1-3-15-28/h4-5,7-12H,1-3,6,13-19H2. The molecule has 0 aromatic heterocycles. The van der Waals surface area contributed by atoms with Gasteiger partial charge in [0, 0.05) is 56.4 Å². The second-order valence-electron chi connectivity index (χ2n) is 8.45. The Kier molecular flexibility index (Phi) is 7.38. The largest absolute Gasteiger partial charge is 0.368 e. The van der Waals surface area contributed by atoms with Gasteiger partial charge in [0.25, 0.3) is 0 Å². The molecule has 2 heterocycles. The van der Waals surface area contributed by atoms with E-state index >= 15 is 0 Å². The van der Waals surface area contributed by atoms with Crippen molar-refractivity contribution in [1.82, 2.24) is 9.21 Å². The summed E-state index contributed by atoms with van der Waals surface area (Å²) in [6, 6.07) is 14.8. The van der Waals surface area contributed by atoms with Crippen LogP contribution >= 0.6 is 11.6 Å². The second kappa shape index (κ2) is 10.2. The highest BCUT2D eigenvalue weighted by atomic mass is 35.5. The molecule has 8 heteroatoms. The number of hydrogen-bond donors (Lipinski definition) is 0. The minimum atomic E-state index is -3.41. The zero-order chi connectivity index (χ0) is 22.6. The van der Waals surface area contributed by atoms with E-state index in [9.17, 15) is 13.2 Å². The van der Waals surface area contributed by atoms with Gasteiger partial charge in [-0.05, 0) is 61.2 Å². The molecule has 0 N–H and O–H groups in total. The molecular weight excluding hydrogens is 446 g/mol. The number of benzene rings is 2. The normalized spacial score (nSPS) is 18.0. The van der Waals surface area contributed by atoms with Gasteiger partial charge in [0.1, 0.15) is 0 Å². The number of carbonyl (C=O) groups excluding carboxylic acids is 1. The maximum atomic E-state index is 12.8. The van der Waals surface area contributed by atoms with Crippen molar-refractivity contribution in [3.05, 3.63) is 59.1 Å². The van der Waals surface area contributed by atoms with Gasteiger partial charge >= 0.3 is 0 Å². The fraction of sp³-hybridized carbons (Fsp3) is 0.458. The van der Waals surface area contributed by atoms with Gasteiger partial charge in [-0.15, -0.1) is 0 Å². The molecule has 0 saturated carbocycles. The van der Waals surface area contributed by atoms with Crippen molar-refractivity contribution in [2.45, 2.75) is 37.0 Å². The molecule has 2 aromatic carbocycles. The predicted molar refractivity (Wildman–Crippen MR) is 128 cm³/mol. The number of piperazine rings is 1. The van der Waals surface area contributed by atoms with Gasteiger partial charge in [-0.3, -0.25) is 4.79 Å². The highest BCUT2D eigenvalue weighted by Gasteiger charge is 2.26. The first-order valence-corrected chi connectivity index (χ1v) is 13.1. The van der Waals surface area contributed by atoms with Crippen molar-refractivity contribution < 1.29 is 13.2 Å². The van der Waals surface area contributed by atoms with Crippen LogP contribution in [-0.4, -0.2) is 62.8 Å². The van der Waals surface area contributed by atoms with Gasteiger partial charge in [-0.1, -0.05) is 30.2 Å². The molecule has 2 saturated heterocycles. The summed E-state index contributed by atoms with van der Waals surface area (Å²) < 4.78 is 27.1. The summed E-state index contributed by atoms with van der Waals surface area (Å²) in [6.07, 6.45) is 3.98. The van der Waals surface area contributed by atoms with Crippen LogP contribution in [0.15, 0.2) is 53.4 Å². The van der Waals surface area contributed by atoms with E-state index < -0.39 is 10.0 Å². The quantitative estimate of drug-likeness (QED) is 0.637. The molecule has 6 nitrogen and oxygen atoms in total. The number of carbonyl (C=O) groups is 1. The van der Waals surface area contributed by atoms with E-state index in [1.54, 1.807) is 16.4 Å². The zero-order valence-corrected chi connectivity index (χ0v) is 19.8. The molecule has 2 aliphatic heterocycles. The lowest BCUT2D eigenvalue weighted by molar-refractivity contribution is -0.131. The molecule has 0 atom stereocenters. The molecule has 4 rings (SSSR count). The average molecular weight is 476 g/mol. The number of aryl methyl sites for hydroxylation is 1. The monoisotopic (exact) mass is 475 g/mol. The van der Waals surface area contributed by atoms with Crippen LogP contribution in [0.2, 0.25) is 5.02 Å². The molecule has 2 aliphatic rings. The fourth-order valence-electron chi connectivity index (χ4n) is 4.36. The van der Waals surface area contributed by atoms with Gasteiger partial charge in [0.05, 0.1) is 4.90 Å². The van der Waals surface area contributed by atoms with Crippen molar-refractivity contribution >= 4 is 33.2 Å². The van der Waals surface area contributed by atoms with Crippen molar-refractivity contribution in [1.29, 1.82) is 0 Å². The minimum absolute atomic E-state index is 0.144. The summed E-state index contributed by atoms with van der Waals surface area (Å²) in [5.74, 6) is 0.144. The number of halogens is 1. The van der Waals surface area contributed by atoms with Crippen LogP contribution in [0.25, 0.3) is 0 Å². The van der Waals surface area contributed by atoms with Gasteiger partial charge in [0.2, 0.25) is 15.9 Å². The highest BCUT2D eigenvalue weighted by Crippen LogP contribution is 2.22. The summed E-state index contributed by atoms with van der Waals surface area (Å²) in [4.78, 5) is 17.2. The van der Waals surface area contributed by atoms with Crippen LogP contribution in [-0.2, 0) is 21.2 Å². The Morgan fingerprint density at radius 3 is 2.06 bits per heavy atom. The molecule has 0 spiro atoms. The fourth-order valence-corrected chi connectivity index (χ4v) is 6.00. The zero-order valence-electron chi connectivity index (χ0n) is 18.2. The Bertz CT molecular complexity index is 1010. The summed E-state index contributed by atoms with van der Waals surface area (Å²) in [6.45, 7) is 4.21.